The highest BCUT2D eigenvalue weighted by Crippen LogP contribution is 2.30. The van der Waals surface area contributed by atoms with E-state index < -0.39 is 42.6 Å². The molecule has 33 heavy (non-hydrogen) atoms. The van der Waals surface area contributed by atoms with Crippen LogP contribution in [0.15, 0.2) is 0 Å². The zero-order chi connectivity index (χ0) is 25.8. The van der Waals surface area contributed by atoms with Crippen molar-refractivity contribution in [3.8, 4) is 0 Å². The second kappa shape index (κ2) is 15.2. The molecule has 0 aromatic carbocycles. The van der Waals surface area contributed by atoms with Gasteiger partial charge in [0.1, 0.15) is 0 Å². The summed E-state index contributed by atoms with van der Waals surface area (Å²) in [5.41, 5.74) is 0. The molecule has 11 heteroatoms. The first-order chi connectivity index (χ1) is 15.0. The van der Waals surface area contributed by atoms with E-state index in [4.69, 9.17) is 25.6 Å². The van der Waals surface area contributed by atoms with Crippen LogP contribution in [0, 0.1) is 0 Å². The predicted octanol–water partition coefficient (Wildman–Crippen LogP) is 7.48. The Kier molecular flexibility index (Phi) is 15.6. The summed E-state index contributed by atoms with van der Waals surface area (Å²) >= 11 is 0. The van der Waals surface area contributed by atoms with Crippen LogP contribution in [-0.2, 0) is 25.6 Å². The molecule has 200 valence electrons. The van der Waals surface area contributed by atoms with Gasteiger partial charge in [0.05, 0.1) is 0 Å². The minimum atomic E-state index is -2.66. The first-order valence-corrected chi connectivity index (χ1v) is 26.9. The fourth-order valence-corrected chi connectivity index (χ4v) is 20.4. The zero-order valence-corrected chi connectivity index (χ0v) is 29.0. The van der Waals surface area contributed by atoms with Gasteiger partial charge in [-0.3, -0.25) is 0 Å². The molecule has 0 aliphatic carbocycles. The molecular formula is C22H56O6Si5. The lowest BCUT2D eigenvalue weighted by Gasteiger charge is -2.43. The summed E-state index contributed by atoms with van der Waals surface area (Å²) in [6.07, 6.45) is 9.77. The van der Waals surface area contributed by atoms with Crippen molar-refractivity contribution in [1.29, 1.82) is 0 Å². The Bertz CT molecular complexity index is 464. The van der Waals surface area contributed by atoms with Gasteiger partial charge in [0.2, 0.25) is 0 Å². The van der Waals surface area contributed by atoms with Gasteiger partial charge < -0.3 is 25.6 Å². The van der Waals surface area contributed by atoms with Crippen molar-refractivity contribution in [3.05, 3.63) is 0 Å². The lowest BCUT2D eigenvalue weighted by Crippen LogP contribution is -2.60. The van der Waals surface area contributed by atoms with E-state index in [0.29, 0.717) is 0 Å². The van der Waals surface area contributed by atoms with Gasteiger partial charge in [-0.1, -0.05) is 38.5 Å². The molecule has 0 radical (unpaired) electrons. The molecule has 0 aromatic rings. The predicted molar refractivity (Wildman–Crippen MR) is 152 cm³/mol. The van der Waals surface area contributed by atoms with Crippen LogP contribution in [0.1, 0.15) is 51.4 Å². The van der Waals surface area contributed by atoms with Crippen LogP contribution >= 0.6 is 0 Å². The van der Waals surface area contributed by atoms with Crippen LogP contribution in [0.5, 0.6) is 0 Å². The third-order valence-electron chi connectivity index (χ3n) is 5.03. The number of hydrogen-bond acceptors (Lipinski definition) is 6. The Balaban J connectivity index is 4.53. The van der Waals surface area contributed by atoms with Crippen LogP contribution in [0.2, 0.25) is 71.0 Å². The zero-order valence-electron chi connectivity index (χ0n) is 24.0. The Labute approximate surface area is 211 Å². The molecule has 6 nitrogen and oxygen atoms in total. The number of unbranched alkanes of at least 4 members (excludes halogenated alkanes) is 7. The van der Waals surface area contributed by atoms with E-state index in [1.165, 1.54) is 38.5 Å². The minimum absolute atomic E-state index is 0.897. The lowest BCUT2D eigenvalue weighted by atomic mass is 10.1. The summed E-state index contributed by atoms with van der Waals surface area (Å²) in [5.74, 6) is 0. The molecule has 0 unspecified atom stereocenters. The van der Waals surface area contributed by atoms with Gasteiger partial charge in [-0.15, -0.1) is 0 Å². The lowest BCUT2D eigenvalue weighted by molar-refractivity contribution is 0.122. The summed E-state index contributed by atoms with van der Waals surface area (Å²) in [6.45, 7) is 20.3. The monoisotopic (exact) mass is 556 g/mol. The number of hydrogen-bond donors (Lipinski definition) is 0. The quantitative estimate of drug-likeness (QED) is 0.114. The molecule has 0 aliphatic rings. The molecule has 0 N–H and O–H groups in total. The molecule has 0 saturated carbocycles. The topological polar surface area (TPSA) is 55.4 Å². The maximum atomic E-state index is 6.78. The fraction of sp³-hybridized carbons (Fsp3) is 1.00. The average Bonchev–Trinajstić information content (AvgIpc) is 2.62. The SMILES string of the molecule is CO[Si](CCCCCCCCCC[Si](O[Si](C)(C)C)(O[Si](C)(C)C)O[Si](C)(C)C)(OC)OC. The van der Waals surface area contributed by atoms with Gasteiger partial charge in [-0.2, -0.15) is 0 Å². The third kappa shape index (κ3) is 17.0. The molecule has 0 aromatic heterocycles. The molecule has 0 saturated heterocycles. The first kappa shape index (κ1) is 33.8. The van der Waals surface area contributed by atoms with E-state index in [0.717, 1.165) is 24.9 Å². The Morgan fingerprint density at radius 1 is 0.364 bits per heavy atom. The van der Waals surface area contributed by atoms with Crippen LogP contribution in [0.4, 0.5) is 0 Å². The molecule has 0 bridgehead atoms. The Hall–Kier alpha value is 0.844. The summed E-state index contributed by atoms with van der Waals surface area (Å²) in [6, 6.07) is 1.86. The summed E-state index contributed by atoms with van der Waals surface area (Å²) in [4.78, 5) is 0. The highest BCUT2D eigenvalue weighted by molar-refractivity contribution is 6.90. The van der Waals surface area contributed by atoms with Gasteiger partial charge in [-0.25, -0.2) is 0 Å². The summed E-state index contributed by atoms with van der Waals surface area (Å²) in [5, 5.41) is 0. The average molecular weight is 557 g/mol. The molecule has 0 heterocycles. The highest BCUT2D eigenvalue weighted by Gasteiger charge is 2.49. The maximum absolute atomic E-state index is 6.78. The van der Waals surface area contributed by atoms with Gasteiger partial charge >= 0.3 is 17.6 Å². The van der Waals surface area contributed by atoms with Gasteiger partial charge in [0.25, 0.3) is 0 Å². The molecule has 0 amide bonds. The van der Waals surface area contributed by atoms with E-state index in [1.54, 1.807) is 21.3 Å². The van der Waals surface area contributed by atoms with E-state index in [2.05, 4.69) is 58.9 Å². The second-order valence-corrected chi connectivity index (χ2v) is 32.0. The molecular weight excluding hydrogens is 501 g/mol. The standard InChI is InChI=1S/C22H56O6Si5/c1-23-32(24-2,25-3)21-19-17-15-13-14-16-18-20-22-33(26-29(4,5)6,27-30(7,8)9)28-31(10,11)12/h13-22H2,1-12H3. The van der Waals surface area contributed by atoms with E-state index in [1.807, 2.05) is 0 Å². The smallest absolute Gasteiger partial charge is 0.417 e. The normalized spacial score (nSPS) is 14.2. The van der Waals surface area contributed by atoms with Crippen molar-refractivity contribution >= 4 is 42.6 Å². The first-order valence-electron chi connectivity index (χ1n) is 12.8. The van der Waals surface area contributed by atoms with Gasteiger partial charge in [0.15, 0.2) is 25.0 Å². The van der Waals surface area contributed by atoms with Crippen molar-refractivity contribution in [3.63, 3.8) is 0 Å². The summed E-state index contributed by atoms with van der Waals surface area (Å²) in [7, 11) is -5.32. The maximum Gasteiger partial charge on any atom is 0.500 e. The van der Waals surface area contributed by atoms with Crippen LogP contribution < -0.4 is 0 Å². The Morgan fingerprint density at radius 2 is 0.606 bits per heavy atom. The molecule has 0 fully saturated rings. The van der Waals surface area contributed by atoms with E-state index in [-0.39, 0.29) is 0 Å². The van der Waals surface area contributed by atoms with Crippen molar-refractivity contribution in [1.82, 2.24) is 0 Å². The largest absolute Gasteiger partial charge is 0.500 e. The fourth-order valence-electron chi connectivity index (χ4n) is 3.91. The molecule has 0 rings (SSSR count). The Morgan fingerprint density at radius 3 is 0.848 bits per heavy atom. The van der Waals surface area contributed by atoms with Gasteiger partial charge in [0, 0.05) is 33.4 Å². The second-order valence-electron chi connectivity index (χ2n) is 12.0. The highest BCUT2D eigenvalue weighted by atomic mass is 28.5. The molecule has 0 atom stereocenters. The minimum Gasteiger partial charge on any atom is -0.417 e. The van der Waals surface area contributed by atoms with Crippen molar-refractivity contribution in [2.45, 2.75) is 122 Å². The number of rotatable bonds is 20. The summed E-state index contributed by atoms with van der Waals surface area (Å²) < 4.78 is 36.8. The van der Waals surface area contributed by atoms with Crippen LogP contribution in [0.3, 0.4) is 0 Å². The third-order valence-corrected chi connectivity index (χ3v) is 19.9. The van der Waals surface area contributed by atoms with Crippen LogP contribution in [0.25, 0.3) is 0 Å². The van der Waals surface area contributed by atoms with Gasteiger partial charge in [-0.05, 0) is 71.8 Å². The van der Waals surface area contributed by atoms with E-state index in [9.17, 15) is 0 Å². The van der Waals surface area contributed by atoms with Crippen molar-refractivity contribution in [2.75, 3.05) is 21.3 Å². The van der Waals surface area contributed by atoms with Crippen LogP contribution in [-0.4, -0.2) is 63.9 Å². The van der Waals surface area contributed by atoms with Crippen molar-refractivity contribution < 1.29 is 25.6 Å². The van der Waals surface area contributed by atoms with E-state index >= 15 is 0 Å². The molecule has 0 aliphatic heterocycles. The molecule has 0 spiro atoms. The van der Waals surface area contributed by atoms with Crippen molar-refractivity contribution in [2.24, 2.45) is 0 Å².